The van der Waals surface area contributed by atoms with E-state index in [0.717, 1.165) is 16.0 Å². The topological polar surface area (TPSA) is 79.9 Å². The molecule has 21 heavy (non-hydrogen) atoms. The minimum atomic E-state index is -0.243. The summed E-state index contributed by atoms with van der Waals surface area (Å²) in [5.74, 6) is 1.25. The first-order valence-corrected chi connectivity index (χ1v) is 7.82. The van der Waals surface area contributed by atoms with E-state index in [1.54, 1.807) is 0 Å². The average Bonchev–Trinajstić information content (AvgIpc) is 2.86. The van der Waals surface area contributed by atoms with Crippen LogP contribution in [-0.4, -0.2) is 21.6 Å². The molecule has 0 saturated heterocycles. The molecule has 2 heterocycles. The van der Waals surface area contributed by atoms with E-state index >= 15 is 0 Å². The minimum absolute atomic E-state index is 0.243. The standard InChI is InChI=1S/C13H11BrN4O2S/c1-2-20-7-3-4-8-9(5-7)21-13(17-8)18-11-10(14)12(19)16-6-15-11/h3-6H,2H2,1H3,(H2,15,16,17,18,19). The average molecular weight is 367 g/mol. The Labute approximate surface area is 132 Å². The molecule has 0 bridgehead atoms. The molecule has 3 aromatic rings. The summed E-state index contributed by atoms with van der Waals surface area (Å²) < 4.78 is 6.82. The summed E-state index contributed by atoms with van der Waals surface area (Å²) >= 11 is 4.67. The van der Waals surface area contributed by atoms with E-state index in [9.17, 15) is 4.79 Å². The third-order valence-electron chi connectivity index (χ3n) is 2.69. The second-order valence-corrected chi connectivity index (χ2v) is 5.92. The maximum absolute atomic E-state index is 11.5. The Bertz CT molecular complexity index is 846. The highest BCUT2D eigenvalue weighted by atomic mass is 79.9. The molecule has 0 aliphatic heterocycles. The van der Waals surface area contributed by atoms with Crippen molar-refractivity contribution < 1.29 is 4.74 Å². The zero-order valence-electron chi connectivity index (χ0n) is 11.0. The Balaban J connectivity index is 1.94. The summed E-state index contributed by atoms with van der Waals surface area (Å²) in [7, 11) is 0. The SMILES string of the molecule is CCOc1ccc2nc(Nc3nc[nH]c(=O)c3Br)sc2c1. The van der Waals surface area contributed by atoms with Crippen LogP contribution in [0.15, 0.2) is 33.8 Å². The second-order valence-electron chi connectivity index (χ2n) is 4.10. The Kier molecular flexibility index (Phi) is 3.89. The molecule has 0 radical (unpaired) electrons. The van der Waals surface area contributed by atoms with Gasteiger partial charge in [0.25, 0.3) is 5.56 Å². The van der Waals surface area contributed by atoms with Crippen LogP contribution >= 0.6 is 27.3 Å². The molecule has 8 heteroatoms. The van der Waals surface area contributed by atoms with E-state index in [-0.39, 0.29) is 5.56 Å². The van der Waals surface area contributed by atoms with Crippen LogP contribution in [0.1, 0.15) is 6.92 Å². The van der Waals surface area contributed by atoms with E-state index in [0.29, 0.717) is 22.0 Å². The summed E-state index contributed by atoms with van der Waals surface area (Å²) in [6.45, 7) is 2.57. The van der Waals surface area contributed by atoms with Crippen LogP contribution in [0, 0.1) is 0 Å². The van der Waals surface area contributed by atoms with E-state index in [1.807, 2.05) is 25.1 Å². The van der Waals surface area contributed by atoms with Crippen molar-refractivity contribution in [2.45, 2.75) is 6.92 Å². The first-order valence-electron chi connectivity index (χ1n) is 6.21. The number of hydrogen-bond acceptors (Lipinski definition) is 6. The van der Waals surface area contributed by atoms with Gasteiger partial charge in [-0.1, -0.05) is 11.3 Å². The van der Waals surface area contributed by atoms with Crippen LogP contribution < -0.4 is 15.6 Å². The molecule has 0 spiro atoms. The number of hydrogen-bond donors (Lipinski definition) is 2. The molecule has 108 valence electrons. The van der Waals surface area contributed by atoms with E-state index in [1.165, 1.54) is 17.7 Å². The number of halogens is 1. The van der Waals surface area contributed by atoms with Gasteiger partial charge in [-0.05, 0) is 41.1 Å². The molecular weight excluding hydrogens is 356 g/mol. The van der Waals surface area contributed by atoms with Gasteiger partial charge in [0.15, 0.2) is 10.9 Å². The molecule has 0 amide bonds. The Hall–Kier alpha value is -1.93. The highest BCUT2D eigenvalue weighted by Gasteiger charge is 2.09. The van der Waals surface area contributed by atoms with E-state index < -0.39 is 0 Å². The normalized spacial score (nSPS) is 10.8. The number of benzene rings is 1. The van der Waals surface area contributed by atoms with Gasteiger partial charge < -0.3 is 15.0 Å². The van der Waals surface area contributed by atoms with E-state index in [2.05, 4.69) is 36.2 Å². The fraction of sp³-hybridized carbons (Fsp3) is 0.154. The zero-order valence-corrected chi connectivity index (χ0v) is 13.4. The second kappa shape index (κ2) is 5.82. The smallest absolute Gasteiger partial charge is 0.267 e. The molecule has 3 rings (SSSR count). The quantitative estimate of drug-likeness (QED) is 0.740. The summed E-state index contributed by atoms with van der Waals surface area (Å²) in [6, 6.07) is 5.74. The molecule has 6 nitrogen and oxygen atoms in total. The Morgan fingerprint density at radius 3 is 3.14 bits per heavy atom. The monoisotopic (exact) mass is 366 g/mol. The van der Waals surface area contributed by atoms with Crippen molar-refractivity contribution in [2.75, 3.05) is 11.9 Å². The van der Waals surface area contributed by atoms with Gasteiger partial charge >= 0.3 is 0 Å². The number of ether oxygens (including phenoxy) is 1. The van der Waals surface area contributed by atoms with Gasteiger partial charge in [0.2, 0.25) is 0 Å². The predicted molar refractivity (Wildman–Crippen MR) is 86.6 cm³/mol. The first-order chi connectivity index (χ1) is 10.2. The highest BCUT2D eigenvalue weighted by Crippen LogP contribution is 2.31. The van der Waals surface area contributed by atoms with Crippen LogP contribution in [0.5, 0.6) is 5.75 Å². The van der Waals surface area contributed by atoms with Crippen LogP contribution in [0.25, 0.3) is 10.2 Å². The molecule has 0 unspecified atom stereocenters. The van der Waals surface area contributed by atoms with Gasteiger partial charge in [0, 0.05) is 0 Å². The summed E-state index contributed by atoms with van der Waals surface area (Å²) in [5.41, 5.74) is 0.624. The Morgan fingerprint density at radius 2 is 2.33 bits per heavy atom. The Morgan fingerprint density at radius 1 is 1.48 bits per heavy atom. The van der Waals surface area contributed by atoms with Gasteiger partial charge in [0.05, 0.1) is 23.2 Å². The number of fused-ring (bicyclic) bond motifs is 1. The minimum Gasteiger partial charge on any atom is -0.494 e. The lowest BCUT2D eigenvalue weighted by Crippen LogP contribution is -2.09. The number of thiazole rings is 1. The molecule has 0 saturated carbocycles. The van der Waals surface area contributed by atoms with Crippen molar-refractivity contribution in [3.63, 3.8) is 0 Å². The van der Waals surface area contributed by atoms with Crippen LogP contribution in [-0.2, 0) is 0 Å². The number of anilines is 2. The van der Waals surface area contributed by atoms with Crippen molar-refractivity contribution in [2.24, 2.45) is 0 Å². The lowest BCUT2D eigenvalue weighted by atomic mass is 10.3. The number of aromatic amines is 1. The molecule has 0 aliphatic carbocycles. The maximum Gasteiger partial charge on any atom is 0.267 e. The number of aromatic nitrogens is 3. The van der Waals surface area contributed by atoms with Gasteiger partial charge in [0.1, 0.15) is 10.2 Å². The summed E-state index contributed by atoms with van der Waals surface area (Å²) in [6.07, 6.45) is 1.34. The fourth-order valence-corrected chi connectivity index (χ4v) is 3.00. The van der Waals surface area contributed by atoms with Crippen molar-refractivity contribution in [3.8, 4) is 5.75 Å². The number of nitrogens with zero attached hydrogens (tertiary/aromatic N) is 2. The van der Waals surface area contributed by atoms with Crippen LogP contribution in [0.3, 0.4) is 0 Å². The van der Waals surface area contributed by atoms with Crippen molar-refractivity contribution in [1.29, 1.82) is 0 Å². The summed E-state index contributed by atoms with van der Waals surface area (Å²) in [5, 5.41) is 3.71. The largest absolute Gasteiger partial charge is 0.494 e. The number of rotatable bonds is 4. The fourth-order valence-electron chi connectivity index (χ4n) is 1.79. The predicted octanol–water partition coefficient (Wildman–Crippen LogP) is 3.28. The van der Waals surface area contributed by atoms with Crippen LogP contribution in [0.2, 0.25) is 0 Å². The molecule has 2 aromatic heterocycles. The molecule has 0 aliphatic rings. The zero-order chi connectivity index (χ0) is 14.8. The van der Waals surface area contributed by atoms with Gasteiger partial charge in [-0.15, -0.1) is 0 Å². The summed E-state index contributed by atoms with van der Waals surface area (Å²) in [4.78, 5) is 22.5. The van der Waals surface area contributed by atoms with Gasteiger partial charge in [-0.2, -0.15) is 0 Å². The highest BCUT2D eigenvalue weighted by molar-refractivity contribution is 9.10. The third kappa shape index (κ3) is 2.91. The third-order valence-corrected chi connectivity index (χ3v) is 4.36. The number of nitrogens with one attached hydrogen (secondary N) is 2. The lowest BCUT2D eigenvalue weighted by molar-refractivity contribution is 0.341. The molecular formula is C13H11BrN4O2S. The van der Waals surface area contributed by atoms with Gasteiger partial charge in [-0.3, -0.25) is 4.79 Å². The molecule has 2 N–H and O–H groups in total. The molecule has 0 atom stereocenters. The van der Waals surface area contributed by atoms with Crippen LogP contribution in [0.4, 0.5) is 10.9 Å². The first kappa shape index (κ1) is 14.0. The van der Waals surface area contributed by atoms with E-state index in [4.69, 9.17) is 4.74 Å². The maximum atomic E-state index is 11.5. The van der Waals surface area contributed by atoms with Crippen molar-refractivity contribution in [1.82, 2.24) is 15.0 Å². The van der Waals surface area contributed by atoms with Crippen molar-refractivity contribution in [3.05, 3.63) is 39.4 Å². The van der Waals surface area contributed by atoms with Gasteiger partial charge in [-0.25, -0.2) is 9.97 Å². The molecule has 1 aromatic carbocycles. The van der Waals surface area contributed by atoms with Crippen molar-refractivity contribution >= 4 is 48.4 Å². The lowest BCUT2D eigenvalue weighted by Gasteiger charge is -2.01. The molecule has 0 fully saturated rings. The number of H-pyrrole nitrogens is 1.